The predicted octanol–water partition coefficient (Wildman–Crippen LogP) is 3.19. The lowest BCUT2D eigenvalue weighted by Crippen LogP contribution is -2.86. The van der Waals surface area contributed by atoms with Crippen LogP contribution in [0, 0.1) is 18.6 Å². The fourth-order valence-corrected chi connectivity index (χ4v) is 2.60. The van der Waals surface area contributed by atoms with Crippen molar-refractivity contribution in [1.82, 2.24) is 5.16 Å². The van der Waals surface area contributed by atoms with Gasteiger partial charge >= 0.3 is 0 Å². The van der Waals surface area contributed by atoms with Gasteiger partial charge < -0.3 is 9.84 Å². The Hall–Kier alpha value is -3.06. The van der Waals surface area contributed by atoms with Crippen molar-refractivity contribution >= 4 is 11.8 Å². The fourth-order valence-electron chi connectivity index (χ4n) is 2.60. The maximum Gasteiger partial charge on any atom is 0.281 e. The third-order valence-electron chi connectivity index (χ3n) is 4.25. The summed E-state index contributed by atoms with van der Waals surface area (Å²) in [7, 11) is 0. The van der Waals surface area contributed by atoms with Gasteiger partial charge in [-0.05, 0) is 32.0 Å². The van der Waals surface area contributed by atoms with Crippen molar-refractivity contribution in [2.24, 2.45) is 0 Å². The van der Waals surface area contributed by atoms with E-state index < -0.39 is 11.6 Å². The summed E-state index contributed by atoms with van der Waals surface area (Å²) < 4.78 is 31.5. The molecule has 7 heteroatoms. The van der Waals surface area contributed by atoms with Gasteiger partial charge in [-0.3, -0.25) is 10.1 Å². The zero-order chi connectivity index (χ0) is 19.4. The van der Waals surface area contributed by atoms with Crippen LogP contribution in [-0.4, -0.2) is 17.6 Å². The van der Waals surface area contributed by atoms with Crippen LogP contribution in [0.2, 0.25) is 0 Å². The number of carbonyl (C=O) groups is 1. The molecule has 1 atom stereocenters. The molecule has 0 unspecified atom stereocenters. The molecule has 3 rings (SSSR count). The van der Waals surface area contributed by atoms with E-state index >= 15 is 0 Å². The van der Waals surface area contributed by atoms with Crippen LogP contribution in [0.5, 0.6) is 0 Å². The number of nitrogens with one attached hydrogen (secondary N) is 1. The summed E-state index contributed by atoms with van der Waals surface area (Å²) in [5, 5.41) is 8.31. The first-order chi connectivity index (χ1) is 12.9. The smallest absolute Gasteiger partial charge is 0.281 e. The van der Waals surface area contributed by atoms with E-state index in [0.29, 0.717) is 11.3 Å². The van der Waals surface area contributed by atoms with Gasteiger partial charge in [0.2, 0.25) is 5.88 Å². The molecule has 0 saturated carbocycles. The lowest BCUT2D eigenvalue weighted by atomic mass is 10.1. The normalized spacial score (nSPS) is 12.0. The zero-order valence-corrected chi connectivity index (χ0v) is 15.0. The highest BCUT2D eigenvalue weighted by Crippen LogP contribution is 2.21. The quantitative estimate of drug-likeness (QED) is 0.698. The second kappa shape index (κ2) is 8.09. The molecule has 140 valence electrons. The Balaban J connectivity index is 1.55. The van der Waals surface area contributed by atoms with Crippen molar-refractivity contribution in [1.29, 1.82) is 0 Å². The average molecular weight is 372 g/mol. The van der Waals surface area contributed by atoms with Crippen molar-refractivity contribution < 1.29 is 23.4 Å². The number of nitrogens with zero attached hydrogens (tertiary/aromatic N) is 1. The number of aromatic nitrogens is 1. The third-order valence-corrected chi connectivity index (χ3v) is 4.25. The number of carbonyl (C=O) groups excluding carboxylic acids is 1. The van der Waals surface area contributed by atoms with Gasteiger partial charge in [0.05, 0.1) is 0 Å². The second-order valence-corrected chi connectivity index (χ2v) is 6.39. The molecule has 5 nitrogen and oxygen atoms in total. The van der Waals surface area contributed by atoms with Crippen LogP contribution < -0.4 is 10.6 Å². The van der Waals surface area contributed by atoms with Gasteiger partial charge in [-0.15, -0.1) is 0 Å². The van der Waals surface area contributed by atoms with Gasteiger partial charge in [0.15, 0.2) is 18.2 Å². The highest BCUT2D eigenvalue weighted by Gasteiger charge is 2.15. The van der Waals surface area contributed by atoms with Crippen LogP contribution in [0.3, 0.4) is 0 Å². The molecule has 1 heterocycles. The van der Waals surface area contributed by atoms with Crippen molar-refractivity contribution in [2.75, 3.05) is 11.9 Å². The Morgan fingerprint density at radius 1 is 1.15 bits per heavy atom. The van der Waals surface area contributed by atoms with Gasteiger partial charge in [-0.2, -0.15) is 0 Å². The number of halogens is 2. The first-order valence-electron chi connectivity index (χ1n) is 8.54. The van der Waals surface area contributed by atoms with Gasteiger partial charge in [0.1, 0.15) is 11.7 Å². The number of anilines is 1. The Kier molecular flexibility index (Phi) is 5.61. The Morgan fingerprint density at radius 2 is 1.89 bits per heavy atom. The molecule has 0 spiro atoms. The summed E-state index contributed by atoms with van der Waals surface area (Å²) in [5.41, 5.74) is 3.26. The highest BCUT2D eigenvalue weighted by atomic mass is 19.2. The molecule has 0 bridgehead atoms. The molecule has 0 fully saturated rings. The molecule has 0 aliphatic heterocycles. The molecule has 27 heavy (non-hydrogen) atoms. The van der Waals surface area contributed by atoms with E-state index in [1.807, 2.05) is 38.1 Å². The molecule has 3 aromatic rings. The van der Waals surface area contributed by atoms with Crippen LogP contribution in [0.15, 0.2) is 53.1 Å². The fraction of sp³-hybridized carbons (Fsp3) is 0.200. The number of quaternary nitrogens is 1. The molecule has 1 amide bonds. The number of benzene rings is 2. The van der Waals surface area contributed by atoms with Gasteiger partial charge in [0.25, 0.3) is 5.91 Å². The standard InChI is InChI=1S/C20H19F2N3O2/c1-12-3-5-14(6-4-12)18-10-20(27-25-18)24-19(26)11-23-13(2)15-7-8-16(21)17(22)9-15/h3-10,13,23H,11H2,1-2H3,(H,24,26)/p+1/t13-/m1/s1. The number of nitrogens with two attached hydrogens (primary N) is 1. The van der Waals surface area contributed by atoms with Gasteiger partial charge in [0, 0.05) is 17.2 Å². The maximum atomic E-state index is 13.3. The maximum absolute atomic E-state index is 13.3. The summed E-state index contributed by atoms with van der Waals surface area (Å²) in [4.78, 5) is 12.1. The third kappa shape index (κ3) is 4.77. The summed E-state index contributed by atoms with van der Waals surface area (Å²) in [6.45, 7) is 3.90. The molecule has 0 aliphatic rings. The van der Waals surface area contributed by atoms with Crippen molar-refractivity contribution in [3.8, 4) is 11.3 Å². The highest BCUT2D eigenvalue weighted by molar-refractivity contribution is 5.90. The first-order valence-corrected chi connectivity index (χ1v) is 8.54. The minimum Gasteiger partial charge on any atom is -0.338 e. The molecule has 2 aromatic carbocycles. The Morgan fingerprint density at radius 3 is 2.59 bits per heavy atom. The number of hydrogen-bond acceptors (Lipinski definition) is 3. The molecule has 1 aromatic heterocycles. The first kappa shape index (κ1) is 18.7. The van der Waals surface area contributed by atoms with Crippen LogP contribution in [0.25, 0.3) is 11.3 Å². The summed E-state index contributed by atoms with van der Waals surface area (Å²) >= 11 is 0. The number of rotatable bonds is 6. The minimum absolute atomic E-state index is 0.0979. The lowest BCUT2D eigenvalue weighted by molar-refractivity contribution is -0.682. The van der Waals surface area contributed by atoms with Gasteiger partial charge in [-0.25, -0.2) is 8.78 Å². The van der Waals surface area contributed by atoms with Gasteiger partial charge in [-0.1, -0.05) is 35.0 Å². The van der Waals surface area contributed by atoms with E-state index in [1.165, 1.54) is 6.07 Å². The molecular weight excluding hydrogens is 352 g/mol. The van der Waals surface area contributed by atoms with E-state index in [1.54, 1.807) is 11.4 Å². The average Bonchev–Trinajstić information content (AvgIpc) is 3.11. The number of aryl methyl sites for hydroxylation is 1. The molecule has 0 radical (unpaired) electrons. The van der Waals surface area contributed by atoms with Crippen LogP contribution in [-0.2, 0) is 4.79 Å². The predicted molar refractivity (Wildman–Crippen MR) is 96.9 cm³/mol. The van der Waals surface area contributed by atoms with Crippen molar-refractivity contribution in [2.45, 2.75) is 19.9 Å². The van der Waals surface area contributed by atoms with Crippen LogP contribution in [0.4, 0.5) is 14.7 Å². The summed E-state index contributed by atoms with van der Waals surface area (Å²) in [6, 6.07) is 13.0. The summed E-state index contributed by atoms with van der Waals surface area (Å²) in [6.07, 6.45) is 0. The van der Waals surface area contributed by atoms with Crippen molar-refractivity contribution in [3.05, 3.63) is 71.3 Å². The number of amides is 1. The number of hydrogen-bond donors (Lipinski definition) is 2. The van der Waals surface area contributed by atoms with E-state index in [-0.39, 0.29) is 24.4 Å². The largest absolute Gasteiger partial charge is 0.338 e. The summed E-state index contributed by atoms with van der Waals surface area (Å²) in [5.74, 6) is -1.82. The molecule has 3 N–H and O–H groups in total. The van der Waals surface area contributed by atoms with E-state index in [4.69, 9.17) is 4.52 Å². The minimum atomic E-state index is -0.900. The second-order valence-electron chi connectivity index (χ2n) is 6.39. The SMILES string of the molecule is Cc1ccc(-c2cc(NC(=O)C[NH2+][C@H](C)c3ccc(F)c(F)c3)on2)cc1. The van der Waals surface area contributed by atoms with Crippen molar-refractivity contribution in [3.63, 3.8) is 0 Å². The van der Waals surface area contributed by atoms with E-state index in [9.17, 15) is 13.6 Å². The Labute approximate surface area is 155 Å². The molecular formula is C20H20F2N3O2+. The van der Waals surface area contributed by atoms with Crippen LogP contribution in [0.1, 0.15) is 24.1 Å². The van der Waals surface area contributed by atoms with Crippen LogP contribution >= 0.6 is 0 Å². The Bertz CT molecular complexity index is 939. The lowest BCUT2D eigenvalue weighted by Gasteiger charge is -2.10. The van der Waals surface area contributed by atoms with E-state index in [0.717, 1.165) is 23.3 Å². The monoisotopic (exact) mass is 372 g/mol. The zero-order valence-electron chi connectivity index (χ0n) is 15.0. The molecule has 0 saturated heterocycles. The topological polar surface area (TPSA) is 71.7 Å². The van der Waals surface area contributed by atoms with E-state index in [2.05, 4.69) is 10.5 Å². The molecule has 0 aliphatic carbocycles.